The fourth-order valence-electron chi connectivity index (χ4n) is 2.29. The van der Waals surface area contributed by atoms with Gasteiger partial charge in [-0.25, -0.2) is 0 Å². The van der Waals surface area contributed by atoms with Crippen molar-refractivity contribution >= 4 is 19.9 Å². The molecule has 0 aliphatic heterocycles. The summed E-state index contributed by atoms with van der Waals surface area (Å²) in [4.78, 5) is 0. The summed E-state index contributed by atoms with van der Waals surface area (Å²) in [6.45, 7) is 11.1. The van der Waals surface area contributed by atoms with E-state index < -0.39 is 14.2 Å². The van der Waals surface area contributed by atoms with Crippen molar-refractivity contribution in [1.29, 1.82) is 5.26 Å². The largest absolute Gasteiger partial charge is 0.414 e. The molecule has 1 aliphatic carbocycles. The van der Waals surface area contributed by atoms with Gasteiger partial charge in [0.15, 0.2) is 8.32 Å². The molecule has 1 aliphatic rings. The van der Waals surface area contributed by atoms with Gasteiger partial charge in [-0.15, -0.1) is 0 Å². The van der Waals surface area contributed by atoms with Gasteiger partial charge in [-0.05, 0) is 60.6 Å². The van der Waals surface area contributed by atoms with E-state index >= 15 is 0 Å². The van der Waals surface area contributed by atoms with Crippen LogP contribution in [0.25, 0.3) is 0 Å². The van der Waals surface area contributed by atoms with E-state index in [2.05, 4.69) is 39.9 Å². The smallest absolute Gasteiger partial charge is 0.192 e. The molecule has 114 valence electrons. The molecule has 4 heteroatoms. The lowest BCUT2D eigenvalue weighted by Crippen LogP contribution is -2.47. The number of hydrogen-bond acceptors (Lipinski definition) is 2. The summed E-state index contributed by atoms with van der Waals surface area (Å²) in [5.41, 5.74) is 1.28. The highest BCUT2D eigenvalue weighted by molar-refractivity contribution is 6.74. The van der Waals surface area contributed by atoms with Crippen LogP contribution >= 0.6 is 11.6 Å². The van der Waals surface area contributed by atoms with E-state index in [4.69, 9.17) is 17.4 Å². The fraction of sp³-hybridized carbons (Fsp3) is 0.588. The predicted octanol–water partition coefficient (Wildman–Crippen LogP) is 5.48. The average molecular weight is 323 g/mol. The molecule has 0 saturated heterocycles. The molecular formula is C17H24ClNOSi. The first-order chi connectivity index (χ1) is 9.98. The zero-order valence-electron chi connectivity index (χ0n) is 14.5. The van der Waals surface area contributed by atoms with Crippen molar-refractivity contribution in [2.24, 2.45) is 0 Å². The number of halogens is 1. The van der Waals surface area contributed by atoms with E-state index in [1.54, 1.807) is 18.2 Å². The molecule has 2 rings (SSSR count). The van der Waals surface area contributed by atoms with Crippen molar-refractivity contribution < 1.29 is 5.80 Å². The third kappa shape index (κ3) is 3.51. The SMILES string of the molecule is [2H]C1(c2cc(Cl)ccc2C#N)CC(O[Si](C)(C)C(C)(C)C)C1. The normalized spacial score (nSPS) is 26.7. The lowest BCUT2D eigenvalue weighted by atomic mass is 9.76. The summed E-state index contributed by atoms with van der Waals surface area (Å²) >= 11 is 6.05. The Morgan fingerprint density at radius 3 is 2.52 bits per heavy atom. The van der Waals surface area contributed by atoms with Gasteiger partial charge in [-0.3, -0.25) is 0 Å². The molecule has 0 amide bonds. The molecule has 0 bridgehead atoms. The van der Waals surface area contributed by atoms with Gasteiger partial charge in [-0.2, -0.15) is 5.26 Å². The lowest BCUT2D eigenvalue weighted by Gasteiger charge is -2.45. The summed E-state index contributed by atoms with van der Waals surface area (Å²) < 4.78 is 15.0. The molecule has 1 aromatic rings. The molecule has 0 unspecified atom stereocenters. The molecule has 1 aromatic carbocycles. The second-order valence-electron chi connectivity index (χ2n) is 7.31. The van der Waals surface area contributed by atoms with Crippen LogP contribution in [0.2, 0.25) is 23.2 Å². The van der Waals surface area contributed by atoms with Crippen LogP contribution in [0.3, 0.4) is 0 Å². The topological polar surface area (TPSA) is 33.0 Å². The molecule has 0 heterocycles. The Hall–Kier alpha value is -0.823. The Morgan fingerprint density at radius 1 is 1.38 bits per heavy atom. The van der Waals surface area contributed by atoms with E-state index in [1.807, 2.05) is 0 Å². The molecule has 2 nitrogen and oxygen atoms in total. The second kappa shape index (κ2) is 5.76. The van der Waals surface area contributed by atoms with Gasteiger partial charge in [0.25, 0.3) is 0 Å². The molecule has 0 aromatic heterocycles. The van der Waals surface area contributed by atoms with Gasteiger partial charge in [0.05, 0.1) is 11.6 Å². The highest BCUT2D eigenvalue weighted by Gasteiger charge is 2.42. The molecule has 0 N–H and O–H groups in total. The van der Waals surface area contributed by atoms with Gasteiger partial charge in [0.1, 0.15) is 0 Å². The molecule has 1 saturated carbocycles. The Balaban J connectivity index is 2.13. The number of benzene rings is 1. The monoisotopic (exact) mass is 322 g/mol. The third-order valence-electron chi connectivity index (χ3n) is 4.70. The van der Waals surface area contributed by atoms with Crippen molar-refractivity contribution in [3.8, 4) is 6.07 Å². The molecule has 0 radical (unpaired) electrons. The number of rotatable bonds is 3. The van der Waals surface area contributed by atoms with Crippen LogP contribution in [0.5, 0.6) is 0 Å². The molecule has 0 spiro atoms. The maximum atomic E-state index is 9.25. The van der Waals surface area contributed by atoms with Crippen LogP contribution in [0.15, 0.2) is 18.2 Å². The lowest BCUT2D eigenvalue weighted by molar-refractivity contribution is 0.0840. The van der Waals surface area contributed by atoms with Crippen LogP contribution < -0.4 is 0 Å². The van der Waals surface area contributed by atoms with E-state index in [0.717, 1.165) is 5.56 Å². The van der Waals surface area contributed by atoms with Gasteiger partial charge in [0.2, 0.25) is 0 Å². The molecule has 1 fully saturated rings. The third-order valence-corrected chi connectivity index (χ3v) is 9.47. The van der Waals surface area contributed by atoms with Crippen LogP contribution in [0.1, 0.15) is 52.0 Å². The van der Waals surface area contributed by atoms with Gasteiger partial charge in [0, 0.05) is 12.5 Å². The second-order valence-corrected chi connectivity index (χ2v) is 12.5. The number of nitriles is 1. The summed E-state index contributed by atoms with van der Waals surface area (Å²) in [5.74, 6) is -0.747. The Morgan fingerprint density at radius 2 is 2.00 bits per heavy atom. The Bertz CT molecular complexity index is 612. The van der Waals surface area contributed by atoms with Gasteiger partial charge >= 0.3 is 0 Å². The highest BCUT2D eigenvalue weighted by Crippen LogP contribution is 2.45. The summed E-state index contributed by atoms with van der Waals surface area (Å²) in [5, 5.41) is 10.00. The minimum Gasteiger partial charge on any atom is -0.414 e. The fourth-order valence-corrected chi connectivity index (χ4v) is 3.82. The highest BCUT2D eigenvalue weighted by atomic mass is 35.5. The minimum atomic E-state index is -1.81. The van der Waals surface area contributed by atoms with Crippen LogP contribution in [-0.4, -0.2) is 14.4 Å². The number of nitrogens with zero attached hydrogens (tertiary/aromatic N) is 1. The molecular weight excluding hydrogens is 298 g/mol. The van der Waals surface area contributed by atoms with Crippen LogP contribution in [0.4, 0.5) is 0 Å². The van der Waals surface area contributed by atoms with E-state index in [0.29, 0.717) is 23.4 Å². The maximum absolute atomic E-state index is 9.25. The maximum Gasteiger partial charge on any atom is 0.192 e. The van der Waals surface area contributed by atoms with Crippen molar-refractivity contribution in [2.75, 3.05) is 0 Å². The van der Waals surface area contributed by atoms with E-state index in [1.165, 1.54) is 0 Å². The first-order valence-electron chi connectivity index (χ1n) is 7.86. The summed E-state index contributed by atoms with van der Waals surface area (Å²) in [7, 11) is -1.81. The Kier molecular flexibility index (Phi) is 4.14. The standard InChI is InChI=1S/C17H24ClNOSi/c1-17(2,3)21(4,5)20-15-8-13(9-15)16-10-14(18)7-6-12(16)11-19/h6-7,10,13,15H,8-9H2,1-5H3/i13D. The Labute approximate surface area is 135 Å². The van der Waals surface area contributed by atoms with Gasteiger partial charge < -0.3 is 4.43 Å². The number of hydrogen-bond donors (Lipinski definition) is 0. The van der Waals surface area contributed by atoms with Crippen molar-refractivity contribution in [3.05, 3.63) is 34.3 Å². The zero-order chi connectivity index (χ0) is 16.8. The zero-order valence-corrected chi connectivity index (χ0v) is 15.2. The van der Waals surface area contributed by atoms with Crippen LogP contribution in [0, 0.1) is 11.3 Å². The van der Waals surface area contributed by atoms with E-state index in [-0.39, 0.29) is 11.1 Å². The van der Waals surface area contributed by atoms with Crippen molar-refractivity contribution in [2.45, 2.75) is 63.7 Å². The minimum absolute atomic E-state index is 0.115. The quantitative estimate of drug-likeness (QED) is 0.690. The predicted molar refractivity (Wildman–Crippen MR) is 90.2 cm³/mol. The molecule has 0 atom stereocenters. The van der Waals surface area contributed by atoms with Crippen molar-refractivity contribution in [3.63, 3.8) is 0 Å². The van der Waals surface area contributed by atoms with Crippen molar-refractivity contribution in [1.82, 2.24) is 0 Å². The summed E-state index contributed by atoms with van der Waals surface area (Å²) in [6.07, 6.45) is 1.38. The van der Waals surface area contributed by atoms with Gasteiger partial charge in [-0.1, -0.05) is 32.4 Å². The average Bonchev–Trinajstić information content (AvgIpc) is 2.35. The molecule has 21 heavy (non-hydrogen) atoms. The first-order valence-corrected chi connectivity index (χ1v) is 10.7. The van der Waals surface area contributed by atoms with Crippen LogP contribution in [-0.2, 0) is 4.43 Å². The first kappa shape index (κ1) is 15.1. The van der Waals surface area contributed by atoms with E-state index in [9.17, 15) is 5.26 Å². The summed E-state index contributed by atoms with van der Waals surface area (Å²) in [6, 6.07) is 7.34.